The number of benzene rings is 1. The number of nitrogens with zero attached hydrogens (tertiary/aromatic N) is 3. The van der Waals surface area contributed by atoms with Crippen molar-refractivity contribution < 1.29 is 4.74 Å². The molecule has 1 aromatic rings. The van der Waals surface area contributed by atoms with E-state index in [1.165, 1.54) is 69.1 Å². The highest BCUT2D eigenvalue weighted by Crippen LogP contribution is 2.27. The van der Waals surface area contributed by atoms with Gasteiger partial charge in [-0.3, -0.25) is 9.80 Å². The molecule has 0 aliphatic carbocycles. The van der Waals surface area contributed by atoms with Gasteiger partial charge >= 0.3 is 0 Å². The lowest BCUT2D eigenvalue weighted by Crippen LogP contribution is -2.56. The van der Waals surface area contributed by atoms with Gasteiger partial charge in [-0.2, -0.15) is 11.8 Å². The van der Waals surface area contributed by atoms with E-state index in [0.29, 0.717) is 0 Å². The van der Waals surface area contributed by atoms with E-state index in [1.807, 2.05) is 0 Å². The van der Waals surface area contributed by atoms with Crippen LogP contribution in [0.3, 0.4) is 0 Å². The SMILES string of the molecule is COc1ccc(N2CCN(C3CCCN(C4CCSCC4)C3)CC2)cc1. The van der Waals surface area contributed by atoms with Crippen molar-refractivity contribution in [3.63, 3.8) is 0 Å². The van der Waals surface area contributed by atoms with E-state index in [9.17, 15) is 0 Å². The van der Waals surface area contributed by atoms with E-state index < -0.39 is 0 Å². The molecule has 4 nitrogen and oxygen atoms in total. The Morgan fingerprint density at radius 1 is 0.846 bits per heavy atom. The van der Waals surface area contributed by atoms with Gasteiger partial charge in [-0.25, -0.2) is 0 Å². The van der Waals surface area contributed by atoms with E-state index in [1.54, 1.807) is 7.11 Å². The Morgan fingerprint density at radius 3 is 2.27 bits per heavy atom. The molecule has 4 rings (SSSR count). The van der Waals surface area contributed by atoms with Crippen LogP contribution in [-0.2, 0) is 0 Å². The van der Waals surface area contributed by atoms with E-state index in [4.69, 9.17) is 4.74 Å². The fourth-order valence-corrected chi connectivity index (χ4v) is 5.88. The van der Waals surface area contributed by atoms with Crippen LogP contribution in [0, 0.1) is 0 Å². The lowest BCUT2D eigenvalue weighted by Gasteiger charge is -2.46. The molecule has 5 heteroatoms. The molecule has 0 spiro atoms. The Bertz CT molecular complexity index is 553. The minimum Gasteiger partial charge on any atom is -0.497 e. The summed E-state index contributed by atoms with van der Waals surface area (Å²) < 4.78 is 5.28. The van der Waals surface area contributed by atoms with Gasteiger partial charge in [-0.1, -0.05) is 0 Å². The Morgan fingerprint density at radius 2 is 1.58 bits per heavy atom. The van der Waals surface area contributed by atoms with Crippen molar-refractivity contribution >= 4 is 17.4 Å². The zero-order valence-electron chi connectivity index (χ0n) is 16.1. The van der Waals surface area contributed by atoms with Gasteiger partial charge < -0.3 is 9.64 Å². The second kappa shape index (κ2) is 8.85. The third-order valence-corrected chi connectivity index (χ3v) is 7.45. The van der Waals surface area contributed by atoms with E-state index in [2.05, 4.69) is 50.7 Å². The number of likely N-dealkylation sites (tertiary alicyclic amines) is 1. The van der Waals surface area contributed by atoms with Crippen LogP contribution in [0.25, 0.3) is 0 Å². The number of methoxy groups -OCH3 is 1. The second-order valence-corrected chi connectivity index (χ2v) is 9.08. The highest BCUT2D eigenvalue weighted by atomic mass is 32.2. The van der Waals surface area contributed by atoms with Crippen LogP contribution in [-0.4, -0.2) is 79.8 Å². The lowest BCUT2D eigenvalue weighted by atomic mass is 9.99. The van der Waals surface area contributed by atoms with Crippen molar-refractivity contribution in [2.75, 3.05) is 62.8 Å². The standard InChI is InChI=1S/C21H33N3OS/c1-25-21-6-4-18(5-7-21)22-11-13-23(14-12-22)20-3-2-10-24(17-20)19-8-15-26-16-9-19/h4-7,19-20H,2-3,8-17H2,1H3. The summed E-state index contributed by atoms with van der Waals surface area (Å²) in [6, 6.07) is 10.2. The summed E-state index contributed by atoms with van der Waals surface area (Å²) in [4.78, 5) is 8.11. The highest BCUT2D eigenvalue weighted by molar-refractivity contribution is 7.99. The van der Waals surface area contributed by atoms with Gasteiger partial charge in [-0.05, 0) is 68.0 Å². The summed E-state index contributed by atoms with van der Waals surface area (Å²) in [5.41, 5.74) is 1.33. The molecule has 0 radical (unpaired) electrons. The van der Waals surface area contributed by atoms with Crippen LogP contribution in [0.1, 0.15) is 25.7 Å². The Hall–Kier alpha value is -0.910. The van der Waals surface area contributed by atoms with Crippen LogP contribution in [0.4, 0.5) is 5.69 Å². The van der Waals surface area contributed by atoms with Gasteiger partial charge in [0, 0.05) is 50.5 Å². The van der Waals surface area contributed by atoms with E-state index >= 15 is 0 Å². The molecule has 0 amide bonds. The van der Waals surface area contributed by atoms with Gasteiger partial charge in [-0.15, -0.1) is 0 Å². The molecule has 26 heavy (non-hydrogen) atoms. The molecular formula is C21H33N3OS. The largest absolute Gasteiger partial charge is 0.497 e. The van der Waals surface area contributed by atoms with E-state index in [0.717, 1.165) is 30.9 Å². The first-order valence-electron chi connectivity index (χ1n) is 10.3. The Balaban J connectivity index is 1.29. The van der Waals surface area contributed by atoms with E-state index in [-0.39, 0.29) is 0 Å². The monoisotopic (exact) mass is 375 g/mol. The molecule has 3 saturated heterocycles. The van der Waals surface area contributed by atoms with Gasteiger partial charge in [0.05, 0.1) is 7.11 Å². The van der Waals surface area contributed by atoms with Gasteiger partial charge in [0.15, 0.2) is 0 Å². The molecule has 3 heterocycles. The Labute approximate surface area is 162 Å². The van der Waals surface area contributed by atoms with Crippen LogP contribution in [0.2, 0.25) is 0 Å². The van der Waals surface area contributed by atoms with Crippen LogP contribution in [0.5, 0.6) is 5.75 Å². The van der Waals surface area contributed by atoms with Crippen molar-refractivity contribution in [2.24, 2.45) is 0 Å². The summed E-state index contributed by atoms with van der Waals surface area (Å²) in [5, 5.41) is 0. The number of hydrogen-bond acceptors (Lipinski definition) is 5. The quantitative estimate of drug-likeness (QED) is 0.802. The number of anilines is 1. The average Bonchev–Trinajstić information content (AvgIpc) is 2.75. The normalized spacial score (nSPS) is 26.8. The number of hydrogen-bond donors (Lipinski definition) is 0. The fourth-order valence-electron chi connectivity index (χ4n) is 4.80. The molecule has 1 aromatic carbocycles. The van der Waals surface area contributed by atoms with Crippen molar-refractivity contribution in [1.82, 2.24) is 9.80 Å². The predicted octanol–water partition coefficient (Wildman–Crippen LogP) is 3.18. The zero-order chi connectivity index (χ0) is 17.8. The van der Waals surface area contributed by atoms with Gasteiger partial charge in [0.25, 0.3) is 0 Å². The summed E-state index contributed by atoms with van der Waals surface area (Å²) in [6.07, 6.45) is 5.58. The number of piperazine rings is 1. The Kier molecular flexibility index (Phi) is 6.28. The number of rotatable bonds is 4. The summed E-state index contributed by atoms with van der Waals surface area (Å²) in [7, 11) is 1.73. The van der Waals surface area contributed by atoms with Gasteiger partial charge in [0.2, 0.25) is 0 Å². The highest BCUT2D eigenvalue weighted by Gasteiger charge is 2.31. The van der Waals surface area contributed by atoms with Crippen molar-refractivity contribution in [2.45, 2.75) is 37.8 Å². The summed E-state index contributed by atoms with van der Waals surface area (Å²) >= 11 is 2.14. The van der Waals surface area contributed by atoms with Crippen molar-refractivity contribution in [3.05, 3.63) is 24.3 Å². The summed E-state index contributed by atoms with van der Waals surface area (Å²) in [5.74, 6) is 3.68. The van der Waals surface area contributed by atoms with Crippen LogP contribution >= 0.6 is 11.8 Å². The first-order valence-corrected chi connectivity index (χ1v) is 11.4. The van der Waals surface area contributed by atoms with Gasteiger partial charge in [0.1, 0.15) is 5.75 Å². The number of ether oxygens (including phenoxy) is 1. The average molecular weight is 376 g/mol. The molecule has 3 aliphatic rings. The maximum Gasteiger partial charge on any atom is 0.119 e. The molecule has 0 N–H and O–H groups in total. The summed E-state index contributed by atoms with van der Waals surface area (Å²) in [6.45, 7) is 7.32. The molecule has 144 valence electrons. The first kappa shape index (κ1) is 18.5. The maximum absolute atomic E-state index is 5.28. The molecule has 3 fully saturated rings. The van der Waals surface area contributed by atoms with Crippen molar-refractivity contribution in [3.8, 4) is 5.75 Å². The predicted molar refractivity (Wildman–Crippen MR) is 112 cm³/mol. The van der Waals surface area contributed by atoms with Crippen LogP contribution < -0.4 is 9.64 Å². The van der Waals surface area contributed by atoms with Crippen LogP contribution in [0.15, 0.2) is 24.3 Å². The lowest BCUT2D eigenvalue weighted by molar-refractivity contribution is 0.0645. The molecule has 0 aromatic heterocycles. The molecule has 0 bridgehead atoms. The van der Waals surface area contributed by atoms with Crippen molar-refractivity contribution in [1.29, 1.82) is 0 Å². The molecule has 1 atom stereocenters. The third kappa shape index (κ3) is 4.32. The first-order chi connectivity index (χ1) is 12.8. The number of piperidine rings is 1. The molecular weight excluding hydrogens is 342 g/mol. The zero-order valence-corrected chi connectivity index (χ0v) is 16.9. The molecule has 3 aliphatic heterocycles. The number of thioether (sulfide) groups is 1. The smallest absolute Gasteiger partial charge is 0.119 e. The minimum atomic E-state index is 0.774. The topological polar surface area (TPSA) is 19.0 Å². The minimum absolute atomic E-state index is 0.774. The third-order valence-electron chi connectivity index (χ3n) is 6.40. The molecule has 1 unspecified atom stereocenters. The fraction of sp³-hybridized carbons (Fsp3) is 0.714. The second-order valence-electron chi connectivity index (χ2n) is 7.86. The molecule has 0 saturated carbocycles. The maximum atomic E-state index is 5.28.